The molecule has 0 aliphatic rings. The molecule has 0 atom stereocenters. The Hall–Kier alpha value is -0.680. The zero-order valence-corrected chi connectivity index (χ0v) is 9.83. The number of alkyl halides is 1. The molecule has 1 N–H and O–H groups in total. The minimum absolute atomic E-state index is 0.00958. The fourth-order valence-electron chi connectivity index (χ4n) is 0.917. The molecule has 0 aliphatic carbocycles. The van der Waals surface area contributed by atoms with E-state index in [1.54, 1.807) is 0 Å². The highest BCUT2D eigenvalue weighted by Gasteiger charge is 2.10. The zero-order chi connectivity index (χ0) is 11.4. The first-order valence-corrected chi connectivity index (χ1v) is 5.37. The molecule has 0 fully saturated rings. The standard InChI is InChI=1S/C9H7BrClF2NO/c10-5-3-7(13)8(4-6(5)12)14-9(15)1-2-11/h3-4H,1-2H2,(H,14,15). The minimum Gasteiger partial charge on any atom is -0.323 e. The van der Waals surface area contributed by atoms with Gasteiger partial charge in [-0.15, -0.1) is 11.6 Å². The van der Waals surface area contributed by atoms with Crippen molar-refractivity contribution >= 4 is 39.1 Å². The number of amides is 1. The molecule has 0 saturated carbocycles. The van der Waals surface area contributed by atoms with Crippen LogP contribution in [0.4, 0.5) is 14.5 Å². The van der Waals surface area contributed by atoms with Crippen molar-refractivity contribution in [2.45, 2.75) is 6.42 Å². The van der Waals surface area contributed by atoms with Crippen LogP contribution in [-0.4, -0.2) is 11.8 Å². The second kappa shape index (κ2) is 5.42. The highest BCUT2D eigenvalue weighted by Crippen LogP contribution is 2.23. The van der Waals surface area contributed by atoms with Gasteiger partial charge < -0.3 is 5.32 Å². The van der Waals surface area contributed by atoms with Gasteiger partial charge in [-0.1, -0.05) is 0 Å². The molecule has 1 amide bonds. The van der Waals surface area contributed by atoms with E-state index >= 15 is 0 Å². The summed E-state index contributed by atoms with van der Waals surface area (Å²) in [6, 6.07) is 1.86. The number of carbonyl (C=O) groups is 1. The molecule has 82 valence electrons. The fraction of sp³-hybridized carbons (Fsp3) is 0.222. The van der Waals surface area contributed by atoms with E-state index in [-0.39, 0.29) is 22.5 Å². The van der Waals surface area contributed by atoms with Crippen LogP contribution in [0.1, 0.15) is 6.42 Å². The van der Waals surface area contributed by atoms with Crippen LogP contribution < -0.4 is 5.32 Å². The molecular formula is C9H7BrClF2NO. The van der Waals surface area contributed by atoms with Crippen LogP contribution in [0.2, 0.25) is 0 Å². The Morgan fingerprint density at radius 3 is 2.67 bits per heavy atom. The molecule has 0 aromatic heterocycles. The number of nitrogens with one attached hydrogen (secondary N) is 1. The lowest BCUT2D eigenvalue weighted by Gasteiger charge is -2.06. The summed E-state index contributed by atoms with van der Waals surface area (Å²) in [5.41, 5.74) is -0.189. The maximum atomic E-state index is 13.2. The number of benzene rings is 1. The monoisotopic (exact) mass is 297 g/mol. The third-order valence-corrected chi connectivity index (χ3v) is 2.40. The van der Waals surface area contributed by atoms with E-state index in [2.05, 4.69) is 21.2 Å². The number of rotatable bonds is 3. The summed E-state index contributed by atoms with van der Waals surface area (Å²) in [7, 11) is 0. The molecule has 1 rings (SSSR count). The summed E-state index contributed by atoms with van der Waals surface area (Å²) in [4.78, 5) is 11.1. The highest BCUT2D eigenvalue weighted by molar-refractivity contribution is 9.10. The summed E-state index contributed by atoms with van der Waals surface area (Å²) in [5.74, 6) is -1.67. The van der Waals surface area contributed by atoms with Crippen molar-refractivity contribution in [2.24, 2.45) is 0 Å². The van der Waals surface area contributed by atoms with Crippen molar-refractivity contribution in [3.8, 4) is 0 Å². The van der Waals surface area contributed by atoms with E-state index in [1.165, 1.54) is 0 Å². The Morgan fingerprint density at radius 2 is 2.07 bits per heavy atom. The first-order valence-electron chi connectivity index (χ1n) is 4.05. The molecule has 0 saturated heterocycles. The number of carbonyl (C=O) groups excluding carboxylic acids is 1. The van der Waals surface area contributed by atoms with Gasteiger partial charge in [0.1, 0.15) is 11.6 Å². The molecule has 0 spiro atoms. The number of hydrogen-bond donors (Lipinski definition) is 1. The Kier molecular flexibility index (Phi) is 4.47. The average Bonchev–Trinajstić information content (AvgIpc) is 2.14. The summed E-state index contributed by atoms with van der Waals surface area (Å²) in [5, 5.41) is 2.22. The largest absolute Gasteiger partial charge is 0.323 e. The molecule has 0 bridgehead atoms. The maximum absolute atomic E-state index is 13.2. The van der Waals surface area contributed by atoms with Crippen molar-refractivity contribution in [1.29, 1.82) is 0 Å². The van der Waals surface area contributed by atoms with E-state index in [9.17, 15) is 13.6 Å². The second-order valence-electron chi connectivity index (χ2n) is 2.73. The first kappa shape index (κ1) is 12.4. The molecule has 1 aromatic rings. The van der Waals surface area contributed by atoms with Crippen LogP contribution in [0.15, 0.2) is 16.6 Å². The van der Waals surface area contributed by atoms with E-state index in [0.29, 0.717) is 0 Å². The van der Waals surface area contributed by atoms with Crippen molar-refractivity contribution in [3.05, 3.63) is 28.2 Å². The Labute approximate surface area is 98.7 Å². The van der Waals surface area contributed by atoms with Gasteiger partial charge in [0.05, 0.1) is 10.2 Å². The predicted molar refractivity (Wildman–Crippen MR) is 58.0 cm³/mol. The summed E-state index contributed by atoms with van der Waals surface area (Å²) >= 11 is 8.15. The Balaban J connectivity index is 2.86. The molecular weight excluding hydrogens is 291 g/mol. The molecule has 2 nitrogen and oxygen atoms in total. The average molecular weight is 299 g/mol. The van der Waals surface area contributed by atoms with Gasteiger partial charge in [0.15, 0.2) is 0 Å². The molecule has 0 aliphatic heterocycles. The SMILES string of the molecule is O=C(CCCl)Nc1cc(F)c(Br)cc1F. The van der Waals surface area contributed by atoms with Gasteiger partial charge in [-0.2, -0.15) is 0 Å². The summed E-state index contributed by atoms with van der Waals surface area (Å²) in [6.07, 6.45) is 0.0542. The van der Waals surface area contributed by atoms with Crippen LogP contribution in [-0.2, 0) is 4.79 Å². The van der Waals surface area contributed by atoms with Crippen molar-refractivity contribution < 1.29 is 13.6 Å². The molecule has 0 unspecified atom stereocenters. The van der Waals surface area contributed by atoms with E-state index in [0.717, 1.165) is 12.1 Å². The lowest BCUT2D eigenvalue weighted by molar-refractivity contribution is -0.115. The van der Waals surface area contributed by atoms with E-state index in [4.69, 9.17) is 11.6 Å². The molecule has 0 heterocycles. The highest BCUT2D eigenvalue weighted by atomic mass is 79.9. The van der Waals surface area contributed by atoms with Gasteiger partial charge in [0.25, 0.3) is 0 Å². The fourth-order valence-corrected chi connectivity index (χ4v) is 1.40. The second-order valence-corrected chi connectivity index (χ2v) is 3.97. The minimum atomic E-state index is -0.703. The lowest BCUT2D eigenvalue weighted by Crippen LogP contribution is -2.13. The number of halogens is 4. The molecule has 0 radical (unpaired) electrons. The summed E-state index contributed by atoms with van der Waals surface area (Å²) in [6.45, 7) is 0. The lowest BCUT2D eigenvalue weighted by atomic mass is 10.3. The van der Waals surface area contributed by atoms with Crippen LogP contribution in [0.3, 0.4) is 0 Å². The Morgan fingerprint density at radius 1 is 1.40 bits per heavy atom. The quantitative estimate of drug-likeness (QED) is 0.673. The van der Waals surface area contributed by atoms with Gasteiger partial charge >= 0.3 is 0 Å². The van der Waals surface area contributed by atoms with E-state index in [1.807, 2.05) is 0 Å². The Bertz CT molecular complexity index is 387. The normalized spacial score (nSPS) is 10.1. The van der Waals surface area contributed by atoms with Crippen LogP contribution in [0.5, 0.6) is 0 Å². The molecule has 1 aromatic carbocycles. The van der Waals surface area contributed by atoms with Crippen molar-refractivity contribution in [1.82, 2.24) is 0 Å². The van der Waals surface area contributed by atoms with Crippen LogP contribution in [0, 0.1) is 11.6 Å². The van der Waals surface area contributed by atoms with E-state index < -0.39 is 17.5 Å². The van der Waals surface area contributed by atoms with Crippen LogP contribution >= 0.6 is 27.5 Å². The van der Waals surface area contributed by atoms with Gasteiger partial charge in [-0.05, 0) is 22.0 Å². The van der Waals surface area contributed by atoms with Gasteiger partial charge in [0, 0.05) is 18.4 Å². The van der Waals surface area contributed by atoms with Gasteiger partial charge in [-0.3, -0.25) is 4.79 Å². The van der Waals surface area contributed by atoms with Gasteiger partial charge in [0.2, 0.25) is 5.91 Å². The van der Waals surface area contributed by atoms with Crippen molar-refractivity contribution in [2.75, 3.05) is 11.2 Å². The smallest absolute Gasteiger partial charge is 0.225 e. The number of hydrogen-bond acceptors (Lipinski definition) is 1. The topological polar surface area (TPSA) is 29.1 Å². The first-order chi connectivity index (χ1) is 7.04. The third kappa shape index (κ3) is 3.43. The number of anilines is 1. The predicted octanol–water partition coefficient (Wildman–Crippen LogP) is 3.29. The molecule has 6 heteroatoms. The summed E-state index contributed by atoms with van der Waals surface area (Å²) < 4.78 is 26.2. The van der Waals surface area contributed by atoms with Gasteiger partial charge in [-0.25, -0.2) is 8.78 Å². The van der Waals surface area contributed by atoms with Crippen LogP contribution in [0.25, 0.3) is 0 Å². The zero-order valence-electron chi connectivity index (χ0n) is 7.49. The van der Waals surface area contributed by atoms with Crippen molar-refractivity contribution in [3.63, 3.8) is 0 Å². The third-order valence-electron chi connectivity index (χ3n) is 1.61. The molecule has 15 heavy (non-hydrogen) atoms. The maximum Gasteiger partial charge on any atom is 0.225 e.